The van der Waals surface area contributed by atoms with E-state index >= 15 is 0 Å². The Labute approximate surface area is 197 Å². The van der Waals surface area contributed by atoms with Crippen LogP contribution < -0.4 is 15.4 Å². The summed E-state index contributed by atoms with van der Waals surface area (Å²) in [4.78, 5) is 37.0. The normalized spacial score (nSPS) is 11.3. The average molecular weight is 479 g/mol. The summed E-state index contributed by atoms with van der Waals surface area (Å²) >= 11 is 7.59. The second kappa shape index (κ2) is 13.6. The van der Waals surface area contributed by atoms with Gasteiger partial charge in [0.2, 0.25) is 0 Å². The number of carbonyl (C=O) groups is 3. The van der Waals surface area contributed by atoms with Crippen molar-refractivity contribution in [3.8, 4) is 5.75 Å². The molecule has 9 heteroatoms. The topological polar surface area (TPSA) is 93.7 Å². The Bertz CT molecular complexity index is 908. The van der Waals surface area contributed by atoms with Gasteiger partial charge < -0.3 is 20.1 Å². The molecule has 0 heterocycles. The first kappa shape index (κ1) is 25.5. The monoisotopic (exact) mass is 478 g/mol. The van der Waals surface area contributed by atoms with Gasteiger partial charge in [-0.1, -0.05) is 35.9 Å². The average Bonchev–Trinajstić information content (AvgIpc) is 2.80. The molecule has 0 bridgehead atoms. The van der Waals surface area contributed by atoms with E-state index in [1.54, 1.807) is 31.4 Å². The van der Waals surface area contributed by atoms with E-state index in [0.29, 0.717) is 30.2 Å². The molecule has 0 radical (unpaired) electrons. The molecular weight excluding hydrogens is 452 g/mol. The number of methoxy groups -OCH3 is 1. The molecule has 1 atom stereocenters. The molecule has 0 aliphatic carbocycles. The number of amides is 2. The van der Waals surface area contributed by atoms with Gasteiger partial charge in [-0.25, -0.2) is 4.79 Å². The quantitative estimate of drug-likeness (QED) is 0.455. The highest BCUT2D eigenvalue weighted by atomic mass is 35.5. The number of rotatable bonds is 12. The predicted molar refractivity (Wildman–Crippen MR) is 126 cm³/mol. The van der Waals surface area contributed by atoms with Crippen molar-refractivity contribution in [2.24, 2.45) is 0 Å². The molecule has 0 saturated heterocycles. The Morgan fingerprint density at radius 3 is 2.47 bits per heavy atom. The summed E-state index contributed by atoms with van der Waals surface area (Å²) < 4.78 is 10.3. The van der Waals surface area contributed by atoms with Crippen LogP contribution in [0, 0.1) is 0 Å². The fraction of sp³-hybridized carbons (Fsp3) is 0.348. The van der Waals surface area contributed by atoms with Crippen LogP contribution in [0.2, 0.25) is 5.02 Å². The summed E-state index contributed by atoms with van der Waals surface area (Å²) in [5, 5.41) is 5.66. The molecule has 0 saturated carbocycles. The molecule has 0 fully saturated rings. The van der Waals surface area contributed by atoms with E-state index in [4.69, 9.17) is 21.1 Å². The van der Waals surface area contributed by atoms with Gasteiger partial charge in [-0.05, 0) is 54.7 Å². The van der Waals surface area contributed by atoms with Crippen molar-refractivity contribution in [2.75, 3.05) is 32.3 Å². The predicted octanol–water partition coefficient (Wildman–Crippen LogP) is 3.10. The Kier molecular flexibility index (Phi) is 10.9. The van der Waals surface area contributed by atoms with Crippen LogP contribution in [0.1, 0.15) is 22.3 Å². The molecule has 7 nitrogen and oxygen atoms in total. The van der Waals surface area contributed by atoms with Gasteiger partial charge in [-0.15, -0.1) is 0 Å². The zero-order valence-electron chi connectivity index (χ0n) is 18.1. The molecular formula is C23H27ClN2O5S. The third-order valence-corrected chi connectivity index (χ3v) is 5.53. The first-order valence-corrected chi connectivity index (χ1v) is 11.8. The minimum absolute atomic E-state index is 0.271. The summed E-state index contributed by atoms with van der Waals surface area (Å²) in [5.74, 6) is -0.140. The third kappa shape index (κ3) is 8.43. The van der Waals surface area contributed by atoms with Crippen molar-refractivity contribution < 1.29 is 23.9 Å². The van der Waals surface area contributed by atoms with E-state index in [9.17, 15) is 14.4 Å². The van der Waals surface area contributed by atoms with Crippen molar-refractivity contribution in [1.29, 1.82) is 0 Å². The number of nitrogens with one attached hydrogen (secondary N) is 2. The maximum absolute atomic E-state index is 12.5. The molecule has 0 aromatic heterocycles. The van der Waals surface area contributed by atoms with Crippen LogP contribution in [-0.4, -0.2) is 56.1 Å². The fourth-order valence-corrected chi connectivity index (χ4v) is 3.49. The zero-order valence-corrected chi connectivity index (χ0v) is 19.6. The Hall–Kier alpha value is -2.71. The minimum Gasteiger partial charge on any atom is -0.497 e. The lowest BCUT2D eigenvalue weighted by Gasteiger charge is -2.17. The second-order valence-electron chi connectivity index (χ2n) is 6.84. The largest absolute Gasteiger partial charge is 0.497 e. The van der Waals surface area contributed by atoms with E-state index in [1.807, 2.05) is 30.5 Å². The Morgan fingerprint density at radius 1 is 1.09 bits per heavy atom. The van der Waals surface area contributed by atoms with Crippen LogP contribution in [0.25, 0.3) is 0 Å². The standard InChI is InChI=1S/C23H27ClN2O5S/c1-30-17-9-7-16(8-10-17)11-13-25-21(27)15-31-23(29)20(12-14-32-2)26-22(28)18-5-3-4-6-19(18)24/h3-10,20H,11-15H2,1-2H3,(H,25,27)(H,26,28). The Balaban J connectivity index is 1.81. The number of hydrogen-bond donors (Lipinski definition) is 2. The molecule has 32 heavy (non-hydrogen) atoms. The molecule has 0 aliphatic heterocycles. The third-order valence-electron chi connectivity index (χ3n) is 4.56. The first-order chi connectivity index (χ1) is 15.4. The van der Waals surface area contributed by atoms with Crippen LogP contribution in [0.15, 0.2) is 48.5 Å². The highest BCUT2D eigenvalue weighted by Crippen LogP contribution is 2.15. The van der Waals surface area contributed by atoms with Crippen molar-refractivity contribution in [2.45, 2.75) is 18.9 Å². The van der Waals surface area contributed by atoms with Crippen molar-refractivity contribution >= 4 is 41.1 Å². The number of hydrogen-bond acceptors (Lipinski definition) is 6. The molecule has 0 spiro atoms. The molecule has 172 valence electrons. The van der Waals surface area contributed by atoms with Crippen molar-refractivity contribution in [3.05, 3.63) is 64.7 Å². The lowest BCUT2D eigenvalue weighted by molar-refractivity contribution is -0.150. The van der Waals surface area contributed by atoms with Gasteiger partial charge in [0, 0.05) is 6.54 Å². The smallest absolute Gasteiger partial charge is 0.329 e. The summed E-state index contributed by atoms with van der Waals surface area (Å²) in [5.41, 5.74) is 1.31. The van der Waals surface area contributed by atoms with Crippen LogP contribution in [0.5, 0.6) is 5.75 Å². The number of halogens is 1. The molecule has 2 aromatic rings. The molecule has 2 amide bonds. The van der Waals surface area contributed by atoms with Gasteiger partial charge in [-0.3, -0.25) is 9.59 Å². The summed E-state index contributed by atoms with van der Waals surface area (Å²) in [6.45, 7) is -0.0129. The maximum atomic E-state index is 12.5. The molecule has 0 aliphatic rings. The van der Waals surface area contributed by atoms with Gasteiger partial charge >= 0.3 is 5.97 Å². The molecule has 1 unspecified atom stereocenters. The van der Waals surface area contributed by atoms with E-state index in [2.05, 4.69) is 10.6 Å². The SMILES string of the molecule is COc1ccc(CCNC(=O)COC(=O)C(CCSC)NC(=O)c2ccccc2Cl)cc1. The van der Waals surface area contributed by atoms with E-state index in [-0.39, 0.29) is 5.56 Å². The van der Waals surface area contributed by atoms with E-state index < -0.39 is 30.4 Å². The van der Waals surface area contributed by atoms with Gasteiger partial charge in [-0.2, -0.15) is 11.8 Å². The van der Waals surface area contributed by atoms with E-state index in [1.165, 1.54) is 11.8 Å². The zero-order chi connectivity index (χ0) is 23.3. The van der Waals surface area contributed by atoms with Crippen LogP contribution in [0.3, 0.4) is 0 Å². The number of benzene rings is 2. The maximum Gasteiger partial charge on any atom is 0.329 e. The highest BCUT2D eigenvalue weighted by molar-refractivity contribution is 7.98. The minimum atomic E-state index is -0.877. The number of carbonyl (C=O) groups excluding carboxylic acids is 3. The van der Waals surface area contributed by atoms with Gasteiger partial charge in [0.15, 0.2) is 6.61 Å². The van der Waals surface area contributed by atoms with Gasteiger partial charge in [0.05, 0.1) is 17.7 Å². The highest BCUT2D eigenvalue weighted by Gasteiger charge is 2.24. The number of thioether (sulfide) groups is 1. The Morgan fingerprint density at radius 2 is 1.81 bits per heavy atom. The number of ether oxygens (including phenoxy) is 2. The van der Waals surface area contributed by atoms with Crippen LogP contribution in [0.4, 0.5) is 0 Å². The van der Waals surface area contributed by atoms with Crippen molar-refractivity contribution in [3.63, 3.8) is 0 Å². The fourth-order valence-electron chi connectivity index (χ4n) is 2.79. The van der Waals surface area contributed by atoms with Crippen molar-refractivity contribution in [1.82, 2.24) is 10.6 Å². The summed E-state index contributed by atoms with van der Waals surface area (Å²) in [6.07, 6.45) is 2.90. The summed E-state index contributed by atoms with van der Waals surface area (Å²) in [7, 11) is 1.60. The molecule has 2 aromatic carbocycles. The van der Waals surface area contributed by atoms with E-state index in [0.717, 1.165) is 11.3 Å². The van der Waals surface area contributed by atoms with Crippen LogP contribution in [-0.2, 0) is 20.7 Å². The molecule has 2 N–H and O–H groups in total. The number of esters is 1. The van der Waals surface area contributed by atoms with Gasteiger partial charge in [0.25, 0.3) is 11.8 Å². The lowest BCUT2D eigenvalue weighted by atomic mass is 10.1. The first-order valence-electron chi connectivity index (χ1n) is 10.0. The summed E-state index contributed by atoms with van der Waals surface area (Å²) in [6, 6.07) is 13.2. The van der Waals surface area contributed by atoms with Crippen LogP contribution >= 0.6 is 23.4 Å². The molecule has 2 rings (SSSR count). The van der Waals surface area contributed by atoms with Gasteiger partial charge in [0.1, 0.15) is 11.8 Å². The lowest BCUT2D eigenvalue weighted by Crippen LogP contribution is -2.43. The second-order valence-corrected chi connectivity index (χ2v) is 8.24.